The van der Waals surface area contributed by atoms with Crippen molar-refractivity contribution in [1.82, 2.24) is 0 Å². The second-order valence-electron chi connectivity index (χ2n) is 10.4. The van der Waals surface area contributed by atoms with Crippen LogP contribution in [0.5, 0.6) is 0 Å². The first kappa shape index (κ1) is 35.0. The Morgan fingerprint density at radius 3 is 1.94 bits per heavy atom. The average molecular weight is 763 g/mol. The number of unbranched alkanes of at least 4 members (excludes halogenated alkanes) is 1. The zero-order valence-corrected chi connectivity index (χ0v) is 29.3. The van der Waals surface area contributed by atoms with E-state index in [1.54, 1.807) is 24.6 Å². The van der Waals surface area contributed by atoms with Crippen LogP contribution >= 0.6 is 35.4 Å². The monoisotopic (exact) mass is 762 g/mol. The Bertz CT molecular complexity index is 612. The van der Waals surface area contributed by atoms with Crippen LogP contribution < -0.4 is 5.30 Å². The molecular weight excluding hydrogens is 711 g/mol. The van der Waals surface area contributed by atoms with Crippen molar-refractivity contribution in [2.24, 2.45) is 0 Å². The van der Waals surface area contributed by atoms with E-state index >= 15 is 0 Å². The second-order valence-corrected chi connectivity index (χ2v) is 16.3. The predicted octanol–water partition coefficient (Wildman–Crippen LogP) is 10.8. The third kappa shape index (κ3) is 10.8. The van der Waals surface area contributed by atoms with Crippen molar-refractivity contribution in [3.63, 3.8) is 0 Å². The quantitative estimate of drug-likeness (QED) is 0.0964. The van der Waals surface area contributed by atoms with Crippen molar-refractivity contribution in [3.8, 4) is 0 Å². The van der Waals surface area contributed by atoms with Crippen LogP contribution in [0.4, 0.5) is 0 Å². The fraction of sp³-hybridized carbons (Fsp3) is 0.767. The average Bonchev–Trinajstić information content (AvgIpc) is 3.59. The number of halogens is 1. The van der Waals surface area contributed by atoms with Crippen molar-refractivity contribution >= 4 is 40.7 Å². The Morgan fingerprint density at radius 2 is 1.46 bits per heavy atom. The van der Waals surface area contributed by atoms with Gasteiger partial charge in [0.05, 0.1) is 0 Å². The van der Waals surface area contributed by atoms with Gasteiger partial charge < -0.3 is 6.42 Å². The molecule has 204 valence electrons. The predicted molar refractivity (Wildman–Crippen MR) is 165 cm³/mol. The fourth-order valence-corrected chi connectivity index (χ4v) is 14.5. The van der Waals surface area contributed by atoms with Crippen LogP contribution in [0.3, 0.4) is 0 Å². The third-order valence-corrected chi connectivity index (χ3v) is 16.2. The van der Waals surface area contributed by atoms with Gasteiger partial charge >= 0.3 is 52.2 Å². The first-order chi connectivity index (χ1) is 16.7. The van der Waals surface area contributed by atoms with E-state index in [4.69, 9.17) is 0 Å². The Labute approximate surface area is 253 Å². The summed E-state index contributed by atoms with van der Waals surface area (Å²) in [6.45, 7) is 9.47. The van der Waals surface area contributed by atoms with E-state index in [0.717, 1.165) is 11.3 Å². The molecule has 35 heavy (non-hydrogen) atoms. The van der Waals surface area contributed by atoms with Gasteiger partial charge in [-0.15, -0.1) is 0 Å². The van der Waals surface area contributed by atoms with Gasteiger partial charge in [-0.25, -0.2) is 0 Å². The van der Waals surface area contributed by atoms with E-state index in [0.29, 0.717) is 7.92 Å². The van der Waals surface area contributed by atoms with Crippen LogP contribution in [0.2, 0.25) is 0 Å². The molecule has 1 heterocycles. The molecule has 5 heteroatoms. The van der Waals surface area contributed by atoms with Crippen LogP contribution in [0.1, 0.15) is 118 Å². The van der Waals surface area contributed by atoms with Gasteiger partial charge in [0.25, 0.3) is 0 Å². The van der Waals surface area contributed by atoms with Crippen LogP contribution in [-0.4, -0.2) is 28.3 Å². The van der Waals surface area contributed by atoms with E-state index in [1.165, 1.54) is 87.6 Å². The normalized spacial score (nSPS) is 24.3. The number of benzene rings is 1. The summed E-state index contributed by atoms with van der Waals surface area (Å²) >= 11 is 4.72. The molecule has 0 aromatic heterocycles. The van der Waals surface area contributed by atoms with Crippen LogP contribution in [0.25, 0.3) is 0 Å². The molecule has 0 bridgehead atoms. The zero-order valence-electron chi connectivity index (χ0n) is 22.7. The molecule has 1 aromatic rings. The molecular formula is C30H51FeIP2Pd+2. The molecule has 4 rings (SSSR count). The molecule has 4 atom stereocenters. The second kappa shape index (κ2) is 20.8. The van der Waals surface area contributed by atoms with Gasteiger partial charge in [0.1, 0.15) is 0 Å². The Morgan fingerprint density at radius 1 is 0.914 bits per heavy atom. The van der Waals surface area contributed by atoms with Gasteiger partial charge in [0.2, 0.25) is 0 Å². The summed E-state index contributed by atoms with van der Waals surface area (Å²) in [6.07, 6.45) is 23.0. The van der Waals surface area contributed by atoms with E-state index in [2.05, 4.69) is 80.0 Å². The topological polar surface area (TPSA) is 0 Å². The molecule has 2 saturated carbocycles. The fourth-order valence-electron chi connectivity index (χ4n) is 6.61. The van der Waals surface area contributed by atoms with Gasteiger partial charge in [-0.1, -0.05) is 106 Å². The molecule has 0 spiro atoms. The molecule has 1 saturated heterocycles. The summed E-state index contributed by atoms with van der Waals surface area (Å²) in [7, 11) is 0.511. The van der Waals surface area contributed by atoms with Gasteiger partial charge in [-0.05, 0) is 78.5 Å². The van der Waals surface area contributed by atoms with Crippen molar-refractivity contribution in [1.29, 1.82) is 0 Å². The molecule has 2 aliphatic carbocycles. The molecule has 1 aliphatic heterocycles. The van der Waals surface area contributed by atoms with Crippen LogP contribution in [0, 0.1) is 6.42 Å². The minimum atomic E-state index is 0. The summed E-state index contributed by atoms with van der Waals surface area (Å²) in [5, 5.41) is 1.65. The first-order valence-electron chi connectivity index (χ1n) is 14.3. The molecule has 0 unspecified atom stereocenters. The van der Waals surface area contributed by atoms with Crippen molar-refractivity contribution in [3.05, 3.63) is 36.8 Å². The van der Waals surface area contributed by atoms with Crippen molar-refractivity contribution < 1.29 is 32.7 Å². The zero-order chi connectivity index (χ0) is 24.8. The minimum absolute atomic E-state index is 0. The van der Waals surface area contributed by atoms with E-state index in [-0.39, 0.29) is 25.0 Å². The van der Waals surface area contributed by atoms with Gasteiger partial charge in [0, 0.05) is 0 Å². The molecule has 3 aliphatic rings. The van der Waals surface area contributed by atoms with Crippen molar-refractivity contribution in [2.75, 3.05) is 0 Å². The first-order valence-corrected chi connectivity index (χ1v) is 21.9. The molecule has 0 amide bonds. The number of hydrogen-bond donors (Lipinski definition) is 0. The Hall–Kier alpha value is 1.99. The van der Waals surface area contributed by atoms with E-state index in [9.17, 15) is 0 Å². The summed E-state index contributed by atoms with van der Waals surface area (Å²) < 4.78 is 0. The summed E-state index contributed by atoms with van der Waals surface area (Å²) in [4.78, 5) is 0. The maximum absolute atomic E-state index is 2.72. The van der Waals surface area contributed by atoms with E-state index < -0.39 is 0 Å². The SMILES string of the molecule is CC[C@H]1C[C@H](CC)P1C1CCCC1.CC[CH-]C[C@H](CC)[P@](c1ccccc1)C1CCCC1.[Fe+2].[Pd+][I]. The molecule has 3 fully saturated rings. The van der Waals surface area contributed by atoms with Gasteiger partial charge in [0.15, 0.2) is 0 Å². The molecule has 0 nitrogen and oxygen atoms in total. The standard InChI is InChI=1S/C18H28P.C12H23P.Fe.HI.Pd/c1-3-5-11-16(4-2)19(18-14-9-10-15-18)17-12-7-6-8-13-17;1-3-10-9-11(4-2)13(10)12-7-5-6-8-12;;;/h5-8,12-13,16,18H,3-4,9-11,14-15H2,1-2H3;10-12H,3-9H2,1-2H3;;1H;/q-1;;+2;;+2/p-1/t16-,19+;10-,11-;;;/m00.../s1. The maximum atomic E-state index is 2.72. The molecule has 0 N–H and O–H groups in total. The molecule has 0 radical (unpaired) electrons. The number of hydrogen-bond acceptors (Lipinski definition) is 0. The van der Waals surface area contributed by atoms with E-state index in [1.807, 2.05) is 19.5 Å². The van der Waals surface area contributed by atoms with Crippen LogP contribution in [-0.2, 0) is 32.7 Å². The molecule has 1 aromatic carbocycles. The van der Waals surface area contributed by atoms with Gasteiger partial charge in [-0.2, -0.15) is 12.8 Å². The Balaban J connectivity index is 0.000000335. The number of rotatable bonds is 10. The van der Waals surface area contributed by atoms with Gasteiger partial charge in [-0.3, -0.25) is 0 Å². The van der Waals surface area contributed by atoms with Crippen molar-refractivity contribution in [2.45, 2.75) is 146 Å². The third-order valence-electron chi connectivity index (χ3n) is 8.44. The summed E-state index contributed by atoms with van der Waals surface area (Å²) in [5.74, 6) is 0. The Kier molecular flexibility index (Phi) is 20.8. The van der Waals surface area contributed by atoms with Crippen LogP contribution in [0.15, 0.2) is 30.3 Å². The summed E-state index contributed by atoms with van der Waals surface area (Å²) in [6, 6.07) is 11.4. The summed E-state index contributed by atoms with van der Waals surface area (Å²) in [5.41, 5.74) is 5.43.